The molecule has 76 valence electrons. The van der Waals surface area contributed by atoms with E-state index in [0.29, 0.717) is 12.3 Å². The number of carbonyl (C=O) groups excluding carboxylic acids is 1. The number of hydrogen-bond acceptors (Lipinski definition) is 3. The number of benzene rings is 1. The second-order valence-electron chi connectivity index (χ2n) is 3.37. The van der Waals surface area contributed by atoms with Crippen LogP contribution in [0.1, 0.15) is 11.3 Å². The average molecular weight is 201 g/mol. The molecule has 1 aromatic carbocycles. The highest BCUT2D eigenvalue weighted by Crippen LogP contribution is 2.19. The summed E-state index contributed by atoms with van der Waals surface area (Å²) in [6.07, 6.45) is 2.93. The van der Waals surface area contributed by atoms with Crippen molar-refractivity contribution in [2.45, 2.75) is 13.3 Å². The zero-order chi connectivity index (χ0) is 10.7. The van der Waals surface area contributed by atoms with Crippen molar-refractivity contribution in [2.75, 3.05) is 0 Å². The second kappa shape index (κ2) is 4.09. The van der Waals surface area contributed by atoms with Crippen LogP contribution in [0.4, 0.5) is 0 Å². The Labute approximate surface area is 87.8 Å². The molecule has 0 spiro atoms. The van der Waals surface area contributed by atoms with Crippen LogP contribution in [0.5, 0.6) is 0 Å². The van der Waals surface area contributed by atoms with Crippen LogP contribution in [0.15, 0.2) is 34.9 Å². The van der Waals surface area contributed by atoms with E-state index in [1.54, 1.807) is 6.26 Å². The maximum absolute atomic E-state index is 10.4. The molecule has 0 aliphatic rings. The molecule has 2 aromatic rings. The number of carbonyl (C=O) groups is 1. The third-order valence-corrected chi connectivity index (χ3v) is 2.11. The fourth-order valence-corrected chi connectivity index (χ4v) is 1.41. The largest absolute Gasteiger partial charge is 0.444 e. The molecular weight excluding hydrogens is 190 g/mol. The van der Waals surface area contributed by atoms with Gasteiger partial charge >= 0.3 is 0 Å². The van der Waals surface area contributed by atoms with E-state index < -0.39 is 0 Å². The van der Waals surface area contributed by atoms with Crippen molar-refractivity contribution in [3.05, 3.63) is 41.8 Å². The molecule has 0 amide bonds. The van der Waals surface area contributed by atoms with Gasteiger partial charge in [0.05, 0.1) is 5.69 Å². The lowest BCUT2D eigenvalue weighted by Gasteiger charge is -1.98. The summed E-state index contributed by atoms with van der Waals surface area (Å²) in [5, 5.41) is 0. The highest BCUT2D eigenvalue weighted by Gasteiger charge is 2.04. The first-order valence-corrected chi connectivity index (χ1v) is 4.74. The molecule has 1 aromatic heterocycles. The van der Waals surface area contributed by atoms with Crippen LogP contribution in [0.3, 0.4) is 0 Å². The van der Waals surface area contributed by atoms with Crippen molar-refractivity contribution >= 4 is 6.29 Å². The molecule has 3 nitrogen and oxygen atoms in total. The molecule has 0 atom stereocenters. The molecule has 1 heterocycles. The minimum Gasteiger partial charge on any atom is -0.444 e. The molecule has 0 unspecified atom stereocenters. The Balaban J connectivity index is 2.36. The Morgan fingerprint density at radius 1 is 1.47 bits per heavy atom. The zero-order valence-corrected chi connectivity index (χ0v) is 8.43. The number of oxazole rings is 1. The van der Waals surface area contributed by atoms with Crippen molar-refractivity contribution in [3.8, 4) is 11.5 Å². The molecule has 0 aliphatic heterocycles. The smallest absolute Gasteiger partial charge is 0.226 e. The molecule has 0 fully saturated rings. The van der Waals surface area contributed by atoms with Gasteiger partial charge in [-0.3, -0.25) is 0 Å². The zero-order valence-electron chi connectivity index (χ0n) is 8.43. The highest BCUT2D eigenvalue weighted by atomic mass is 16.3. The number of nitrogens with zero attached hydrogens (tertiary/aromatic N) is 1. The summed E-state index contributed by atoms with van der Waals surface area (Å²) in [5.74, 6) is 0.597. The van der Waals surface area contributed by atoms with E-state index in [4.69, 9.17) is 4.42 Å². The molecule has 0 saturated carbocycles. The van der Waals surface area contributed by atoms with E-state index in [0.717, 1.165) is 23.1 Å². The van der Waals surface area contributed by atoms with E-state index in [1.165, 1.54) is 0 Å². The fourth-order valence-electron chi connectivity index (χ4n) is 1.41. The molecule has 3 heteroatoms. The van der Waals surface area contributed by atoms with Crippen LogP contribution < -0.4 is 0 Å². The monoisotopic (exact) mass is 201 g/mol. The first-order valence-electron chi connectivity index (χ1n) is 4.74. The minimum atomic E-state index is 0.424. The third kappa shape index (κ3) is 2.13. The molecular formula is C12H11NO2. The first kappa shape index (κ1) is 9.65. The van der Waals surface area contributed by atoms with Crippen molar-refractivity contribution in [3.63, 3.8) is 0 Å². The molecule has 0 aliphatic carbocycles. The summed E-state index contributed by atoms with van der Waals surface area (Å²) in [6, 6.07) is 7.64. The predicted octanol–water partition coefficient (Wildman–Crippen LogP) is 2.39. The average Bonchev–Trinajstić information content (AvgIpc) is 2.66. The van der Waals surface area contributed by atoms with E-state index in [-0.39, 0.29) is 0 Å². The Morgan fingerprint density at radius 2 is 2.33 bits per heavy atom. The summed E-state index contributed by atoms with van der Waals surface area (Å²) in [6.45, 7) is 1.88. The van der Waals surface area contributed by atoms with Gasteiger partial charge < -0.3 is 9.21 Å². The molecule has 0 N–H and O–H groups in total. The number of aldehydes is 1. The Kier molecular flexibility index (Phi) is 2.63. The minimum absolute atomic E-state index is 0.424. The van der Waals surface area contributed by atoms with Gasteiger partial charge in [-0.1, -0.05) is 12.1 Å². The van der Waals surface area contributed by atoms with Gasteiger partial charge in [-0.25, -0.2) is 4.98 Å². The van der Waals surface area contributed by atoms with Gasteiger partial charge in [0, 0.05) is 12.0 Å². The third-order valence-electron chi connectivity index (χ3n) is 2.11. The van der Waals surface area contributed by atoms with Gasteiger partial charge in [0.25, 0.3) is 0 Å². The van der Waals surface area contributed by atoms with Gasteiger partial charge in [0.15, 0.2) is 0 Å². The first-order chi connectivity index (χ1) is 7.29. The number of hydrogen-bond donors (Lipinski definition) is 0. The quantitative estimate of drug-likeness (QED) is 0.716. The van der Waals surface area contributed by atoms with Crippen molar-refractivity contribution in [2.24, 2.45) is 0 Å². The lowest BCUT2D eigenvalue weighted by molar-refractivity contribution is -0.107. The van der Waals surface area contributed by atoms with Gasteiger partial charge in [0.1, 0.15) is 12.5 Å². The summed E-state index contributed by atoms with van der Waals surface area (Å²) < 4.78 is 5.28. The molecule has 0 saturated heterocycles. The number of aromatic nitrogens is 1. The fraction of sp³-hybridized carbons (Fsp3) is 0.167. The van der Waals surface area contributed by atoms with E-state index >= 15 is 0 Å². The summed E-state index contributed by atoms with van der Waals surface area (Å²) >= 11 is 0. The SMILES string of the molecule is Cc1coc(-c2cccc(CC=O)c2)n1. The summed E-state index contributed by atoms with van der Waals surface area (Å²) in [5.41, 5.74) is 2.73. The molecule has 15 heavy (non-hydrogen) atoms. The van der Waals surface area contributed by atoms with Gasteiger partial charge in [-0.05, 0) is 24.6 Å². The Bertz CT molecular complexity index is 474. The summed E-state index contributed by atoms with van der Waals surface area (Å²) in [7, 11) is 0. The van der Waals surface area contributed by atoms with Crippen molar-refractivity contribution in [1.29, 1.82) is 0 Å². The molecule has 0 radical (unpaired) electrons. The van der Waals surface area contributed by atoms with Gasteiger partial charge in [0.2, 0.25) is 5.89 Å². The van der Waals surface area contributed by atoms with E-state index in [9.17, 15) is 4.79 Å². The van der Waals surface area contributed by atoms with Crippen LogP contribution in [0.25, 0.3) is 11.5 Å². The van der Waals surface area contributed by atoms with Crippen LogP contribution in [0, 0.1) is 6.92 Å². The normalized spacial score (nSPS) is 10.2. The Hall–Kier alpha value is -1.90. The van der Waals surface area contributed by atoms with E-state index in [1.807, 2.05) is 31.2 Å². The highest BCUT2D eigenvalue weighted by molar-refractivity contribution is 5.60. The van der Waals surface area contributed by atoms with Gasteiger partial charge in [-0.2, -0.15) is 0 Å². The van der Waals surface area contributed by atoms with E-state index in [2.05, 4.69) is 4.98 Å². The summed E-state index contributed by atoms with van der Waals surface area (Å²) in [4.78, 5) is 14.6. The van der Waals surface area contributed by atoms with Crippen LogP contribution in [-0.4, -0.2) is 11.3 Å². The predicted molar refractivity (Wildman–Crippen MR) is 56.4 cm³/mol. The lowest BCUT2D eigenvalue weighted by Crippen LogP contribution is -1.86. The molecule has 2 rings (SSSR count). The maximum Gasteiger partial charge on any atom is 0.226 e. The second-order valence-corrected chi connectivity index (χ2v) is 3.37. The maximum atomic E-state index is 10.4. The van der Waals surface area contributed by atoms with Crippen molar-refractivity contribution < 1.29 is 9.21 Å². The number of rotatable bonds is 3. The van der Waals surface area contributed by atoms with Crippen LogP contribution in [0.2, 0.25) is 0 Å². The standard InChI is InChI=1S/C12H11NO2/c1-9-8-15-12(13-9)11-4-2-3-10(7-11)5-6-14/h2-4,6-8H,5H2,1H3. The topological polar surface area (TPSA) is 43.1 Å². The molecule has 0 bridgehead atoms. The van der Waals surface area contributed by atoms with Gasteiger partial charge in [-0.15, -0.1) is 0 Å². The van der Waals surface area contributed by atoms with Crippen molar-refractivity contribution in [1.82, 2.24) is 4.98 Å². The Morgan fingerprint density at radius 3 is 3.00 bits per heavy atom. The van der Waals surface area contributed by atoms with Crippen LogP contribution in [-0.2, 0) is 11.2 Å². The van der Waals surface area contributed by atoms with Crippen LogP contribution >= 0.6 is 0 Å². The lowest BCUT2D eigenvalue weighted by atomic mass is 10.1. The number of aryl methyl sites for hydroxylation is 1.